The molecule has 1 aliphatic rings. The topological polar surface area (TPSA) is 38.9 Å². The second kappa shape index (κ2) is 4.77. The van der Waals surface area contributed by atoms with Gasteiger partial charge in [-0.05, 0) is 0 Å². The molecule has 0 spiro atoms. The maximum absolute atomic E-state index is 5.61. The lowest BCUT2D eigenvalue weighted by atomic mass is 10.3. The largest absolute Gasteiger partial charge is 0.338 e. The fourth-order valence-electron chi connectivity index (χ4n) is 1.35. The second-order valence-electron chi connectivity index (χ2n) is 3.05. The molecule has 1 saturated heterocycles. The van der Waals surface area contributed by atoms with Crippen LogP contribution in [0.4, 0.5) is 0 Å². The van der Waals surface area contributed by atoms with E-state index < -0.39 is 0 Å². The van der Waals surface area contributed by atoms with Crippen LogP contribution < -0.4 is 0 Å². The van der Waals surface area contributed by atoms with E-state index >= 15 is 0 Å². The van der Waals surface area contributed by atoms with E-state index in [4.69, 9.17) is 16.1 Å². The van der Waals surface area contributed by atoms with Crippen LogP contribution >= 0.6 is 35.1 Å². The zero-order chi connectivity index (χ0) is 9.97. The van der Waals surface area contributed by atoms with Crippen molar-refractivity contribution in [3.8, 4) is 0 Å². The highest BCUT2D eigenvalue weighted by Crippen LogP contribution is 2.41. The molecule has 14 heavy (non-hydrogen) atoms. The Kier molecular flexibility index (Phi) is 3.62. The summed E-state index contributed by atoms with van der Waals surface area (Å²) in [5, 5.41) is 4.86. The first-order valence-electron chi connectivity index (χ1n) is 4.43. The van der Waals surface area contributed by atoms with Crippen molar-refractivity contribution in [3.63, 3.8) is 0 Å². The van der Waals surface area contributed by atoms with Gasteiger partial charge in [0.15, 0.2) is 5.82 Å². The molecular weight excluding hydrogens is 240 g/mol. The molecule has 2 unspecified atom stereocenters. The summed E-state index contributed by atoms with van der Waals surface area (Å²) in [6.45, 7) is 2.21. The minimum atomic E-state index is 0.298. The molecule has 0 bridgehead atoms. The standard InChI is InChI=1S/C8H11ClN2OS2/c1-5-7(14-3-2-13-5)8-10-6(4-9)12-11-8/h5,7H,2-4H2,1H3. The normalized spacial score (nSPS) is 27.9. The molecule has 3 nitrogen and oxygen atoms in total. The monoisotopic (exact) mass is 250 g/mol. The van der Waals surface area contributed by atoms with Gasteiger partial charge in [-0.15, -0.1) is 23.4 Å². The number of nitrogens with zero attached hydrogens (tertiary/aromatic N) is 2. The first-order chi connectivity index (χ1) is 6.81. The zero-order valence-electron chi connectivity index (χ0n) is 7.77. The quantitative estimate of drug-likeness (QED) is 0.755. The summed E-state index contributed by atoms with van der Waals surface area (Å²) in [6.07, 6.45) is 0. The van der Waals surface area contributed by atoms with Crippen LogP contribution in [0.5, 0.6) is 0 Å². The van der Waals surface area contributed by atoms with E-state index in [0.717, 1.165) is 11.6 Å². The summed E-state index contributed by atoms with van der Waals surface area (Å²) in [5.41, 5.74) is 0. The van der Waals surface area contributed by atoms with Gasteiger partial charge in [0.2, 0.25) is 5.89 Å². The average Bonchev–Trinajstić information content (AvgIpc) is 2.67. The first-order valence-corrected chi connectivity index (χ1v) is 7.06. The van der Waals surface area contributed by atoms with Gasteiger partial charge in [-0.25, -0.2) is 0 Å². The number of halogens is 1. The van der Waals surface area contributed by atoms with Crippen LogP contribution in [-0.4, -0.2) is 26.9 Å². The van der Waals surface area contributed by atoms with Crippen molar-refractivity contribution in [2.45, 2.75) is 23.3 Å². The molecule has 6 heteroatoms. The lowest BCUT2D eigenvalue weighted by molar-refractivity contribution is 0.384. The van der Waals surface area contributed by atoms with Crippen molar-refractivity contribution >= 4 is 35.1 Å². The lowest BCUT2D eigenvalue weighted by Gasteiger charge is -2.24. The summed E-state index contributed by atoms with van der Waals surface area (Å²) in [6, 6.07) is 0. The van der Waals surface area contributed by atoms with Crippen LogP contribution in [0.1, 0.15) is 23.9 Å². The fourth-order valence-corrected chi connectivity index (χ4v) is 4.14. The second-order valence-corrected chi connectivity index (χ2v) is 6.05. The minimum absolute atomic E-state index is 0.298. The highest BCUT2D eigenvalue weighted by atomic mass is 35.5. The van der Waals surface area contributed by atoms with Gasteiger partial charge in [0, 0.05) is 16.8 Å². The van der Waals surface area contributed by atoms with Gasteiger partial charge in [0.05, 0.1) is 5.25 Å². The Morgan fingerprint density at radius 1 is 1.50 bits per heavy atom. The maximum Gasteiger partial charge on any atom is 0.241 e. The Hall–Kier alpha value is 0.130. The van der Waals surface area contributed by atoms with Crippen molar-refractivity contribution in [2.75, 3.05) is 11.5 Å². The van der Waals surface area contributed by atoms with Gasteiger partial charge in [-0.2, -0.15) is 16.7 Å². The first kappa shape index (κ1) is 10.6. The predicted molar refractivity (Wildman–Crippen MR) is 61.0 cm³/mol. The Labute approximate surface area is 96.3 Å². The molecular formula is C8H11ClN2OS2. The molecule has 0 aromatic carbocycles. The number of rotatable bonds is 2. The van der Waals surface area contributed by atoms with E-state index in [1.807, 2.05) is 23.5 Å². The molecule has 0 aliphatic carbocycles. The van der Waals surface area contributed by atoms with Gasteiger partial charge >= 0.3 is 0 Å². The Balaban J connectivity index is 2.12. The van der Waals surface area contributed by atoms with Crippen LogP contribution in [0.2, 0.25) is 0 Å². The van der Waals surface area contributed by atoms with Crippen molar-refractivity contribution < 1.29 is 4.52 Å². The van der Waals surface area contributed by atoms with Crippen LogP contribution in [0.15, 0.2) is 4.52 Å². The summed E-state index contributed by atoms with van der Waals surface area (Å²) < 4.78 is 5.00. The number of alkyl halides is 1. The molecule has 2 heterocycles. The molecule has 0 N–H and O–H groups in total. The highest BCUT2D eigenvalue weighted by Gasteiger charge is 2.28. The molecule has 2 rings (SSSR count). The molecule has 1 aromatic heterocycles. The van der Waals surface area contributed by atoms with Gasteiger partial charge in [-0.3, -0.25) is 0 Å². The summed E-state index contributed by atoms with van der Waals surface area (Å²) >= 11 is 9.47. The van der Waals surface area contributed by atoms with E-state index in [-0.39, 0.29) is 0 Å². The number of aromatic nitrogens is 2. The van der Waals surface area contributed by atoms with Crippen molar-refractivity contribution in [1.82, 2.24) is 10.1 Å². The Morgan fingerprint density at radius 3 is 2.93 bits per heavy atom. The molecule has 2 atom stereocenters. The van der Waals surface area contributed by atoms with Crippen molar-refractivity contribution in [2.24, 2.45) is 0 Å². The minimum Gasteiger partial charge on any atom is -0.338 e. The molecule has 1 aliphatic heterocycles. The third-order valence-corrected chi connectivity index (χ3v) is 5.36. The third kappa shape index (κ3) is 2.20. The molecule has 0 saturated carbocycles. The fraction of sp³-hybridized carbons (Fsp3) is 0.750. The predicted octanol–water partition coefficient (Wildman–Crippen LogP) is 2.72. The maximum atomic E-state index is 5.61. The third-order valence-electron chi connectivity index (χ3n) is 2.04. The Bertz CT molecular complexity index is 307. The molecule has 0 amide bonds. The molecule has 0 radical (unpaired) electrons. The SMILES string of the molecule is CC1SCCSC1c1noc(CCl)n1. The summed E-state index contributed by atoms with van der Waals surface area (Å²) in [7, 11) is 0. The van der Waals surface area contributed by atoms with Crippen LogP contribution in [0, 0.1) is 0 Å². The lowest BCUT2D eigenvalue weighted by Crippen LogP contribution is -2.16. The van der Waals surface area contributed by atoms with Gasteiger partial charge in [0.25, 0.3) is 0 Å². The van der Waals surface area contributed by atoms with E-state index in [1.165, 1.54) is 5.75 Å². The summed E-state index contributed by atoms with van der Waals surface area (Å²) in [4.78, 5) is 4.26. The van der Waals surface area contributed by atoms with E-state index in [2.05, 4.69) is 17.1 Å². The average molecular weight is 251 g/mol. The molecule has 78 valence electrons. The van der Waals surface area contributed by atoms with E-state index in [0.29, 0.717) is 22.3 Å². The Morgan fingerprint density at radius 2 is 2.29 bits per heavy atom. The smallest absolute Gasteiger partial charge is 0.241 e. The summed E-state index contributed by atoms with van der Waals surface area (Å²) in [5.74, 6) is 3.98. The van der Waals surface area contributed by atoms with Crippen LogP contribution in [0.25, 0.3) is 0 Å². The van der Waals surface area contributed by atoms with E-state index in [9.17, 15) is 0 Å². The van der Waals surface area contributed by atoms with Gasteiger partial charge < -0.3 is 4.52 Å². The zero-order valence-corrected chi connectivity index (χ0v) is 10.2. The van der Waals surface area contributed by atoms with E-state index in [1.54, 1.807) is 0 Å². The molecule has 1 fully saturated rings. The number of hydrogen-bond donors (Lipinski definition) is 0. The van der Waals surface area contributed by atoms with Crippen LogP contribution in [0.3, 0.4) is 0 Å². The van der Waals surface area contributed by atoms with Gasteiger partial charge in [0.1, 0.15) is 5.88 Å². The van der Waals surface area contributed by atoms with Gasteiger partial charge in [-0.1, -0.05) is 12.1 Å². The number of hydrogen-bond acceptors (Lipinski definition) is 5. The molecule has 1 aromatic rings. The van der Waals surface area contributed by atoms with Crippen LogP contribution in [-0.2, 0) is 5.88 Å². The highest BCUT2D eigenvalue weighted by molar-refractivity contribution is 8.06. The number of thioether (sulfide) groups is 2. The van der Waals surface area contributed by atoms with Crippen molar-refractivity contribution in [1.29, 1.82) is 0 Å². The van der Waals surface area contributed by atoms with Crippen molar-refractivity contribution in [3.05, 3.63) is 11.7 Å².